The molecule has 1 atom stereocenters. The van der Waals surface area contributed by atoms with Gasteiger partial charge >= 0.3 is 0 Å². The minimum atomic E-state index is -3.38. The Morgan fingerprint density at radius 1 is 1.55 bits per heavy atom. The van der Waals surface area contributed by atoms with E-state index in [1.165, 1.54) is 11.8 Å². The summed E-state index contributed by atoms with van der Waals surface area (Å²) >= 11 is 3.21. The summed E-state index contributed by atoms with van der Waals surface area (Å²) in [5.41, 5.74) is 11.2. The molecule has 0 bridgehead atoms. The molecule has 0 unspecified atom stereocenters. The number of halogens is 1. The van der Waals surface area contributed by atoms with Gasteiger partial charge in [-0.1, -0.05) is 0 Å². The fourth-order valence-electron chi connectivity index (χ4n) is 1.56. The third-order valence-electron chi connectivity index (χ3n) is 2.49. The van der Waals surface area contributed by atoms with Crippen molar-refractivity contribution in [2.24, 2.45) is 16.5 Å². The minimum Gasteiger partial charge on any atom is -0.369 e. The summed E-state index contributed by atoms with van der Waals surface area (Å²) in [5.74, 6) is 2.65. The lowest BCUT2D eigenvalue weighted by Gasteiger charge is -2.19. The minimum absolute atomic E-state index is 0. The van der Waals surface area contributed by atoms with Crippen molar-refractivity contribution in [3.63, 3.8) is 0 Å². The maximum absolute atomic E-state index is 11.9. The van der Waals surface area contributed by atoms with Crippen molar-refractivity contribution in [1.29, 1.82) is 0 Å². The molecule has 0 aromatic rings. The average Bonchev–Trinajstić information content (AvgIpc) is 2.88. The summed E-state index contributed by atoms with van der Waals surface area (Å²) in [6.45, 7) is 1.12. The van der Waals surface area contributed by atoms with E-state index in [0.29, 0.717) is 18.1 Å². The Labute approximate surface area is 145 Å². The maximum Gasteiger partial charge on any atom is 0.241 e. The Balaban J connectivity index is 0.00000441. The van der Waals surface area contributed by atoms with Gasteiger partial charge in [0.05, 0.1) is 24.7 Å². The van der Waals surface area contributed by atoms with Crippen molar-refractivity contribution >= 4 is 57.8 Å². The number of sulfonamides is 1. The molecule has 0 aromatic heterocycles. The van der Waals surface area contributed by atoms with Crippen LogP contribution in [0.4, 0.5) is 0 Å². The number of hydrogen-bond donors (Lipinski definition) is 3. The third-order valence-corrected chi connectivity index (χ3v) is 5.10. The van der Waals surface area contributed by atoms with Gasteiger partial charge in [0.25, 0.3) is 0 Å². The summed E-state index contributed by atoms with van der Waals surface area (Å²) in [6.07, 6.45) is 1.01. The summed E-state index contributed by atoms with van der Waals surface area (Å²) in [5, 5.41) is 0. The molecule has 5 N–H and O–H groups in total. The maximum atomic E-state index is 11.9. The van der Waals surface area contributed by atoms with E-state index >= 15 is 0 Å². The molecule has 1 saturated heterocycles. The topological polar surface area (TPSA) is 131 Å². The molecule has 0 aromatic carbocycles. The van der Waals surface area contributed by atoms with E-state index in [0.717, 1.165) is 24.4 Å². The second-order valence-corrected chi connectivity index (χ2v) is 8.43. The van der Waals surface area contributed by atoms with E-state index in [4.69, 9.17) is 11.5 Å². The lowest BCUT2D eigenvalue weighted by Crippen LogP contribution is -2.44. The molecule has 8 nitrogen and oxygen atoms in total. The number of amides is 1. The van der Waals surface area contributed by atoms with Gasteiger partial charge in [-0.15, -0.1) is 24.2 Å². The van der Waals surface area contributed by atoms with Crippen molar-refractivity contribution in [1.82, 2.24) is 9.62 Å². The van der Waals surface area contributed by atoms with E-state index in [-0.39, 0.29) is 24.3 Å². The van der Waals surface area contributed by atoms with Crippen LogP contribution >= 0.6 is 35.9 Å². The fourth-order valence-corrected chi connectivity index (χ4v) is 3.74. The van der Waals surface area contributed by atoms with Gasteiger partial charge in [-0.2, -0.15) is 11.8 Å². The summed E-state index contributed by atoms with van der Waals surface area (Å²) in [6, 6.07) is -0.510. The molecule has 0 saturated carbocycles. The Morgan fingerprint density at radius 3 is 2.77 bits per heavy atom. The number of guanidine groups is 1. The van der Waals surface area contributed by atoms with Crippen LogP contribution in [0, 0.1) is 0 Å². The van der Waals surface area contributed by atoms with Gasteiger partial charge in [-0.25, -0.2) is 8.42 Å². The van der Waals surface area contributed by atoms with Crippen LogP contribution in [-0.2, 0) is 14.8 Å². The monoisotopic (exact) mass is 391 g/mol. The number of aliphatic imine (C=N–C) groups is 1. The van der Waals surface area contributed by atoms with Gasteiger partial charge in [0.2, 0.25) is 21.9 Å². The number of nitrogens with zero attached hydrogens (tertiary/aromatic N) is 2. The third kappa shape index (κ3) is 8.93. The number of carbonyl (C=O) groups is 1. The molecule has 1 aliphatic heterocycles. The molecule has 0 spiro atoms. The van der Waals surface area contributed by atoms with Crippen LogP contribution in [0.5, 0.6) is 0 Å². The number of carbonyl (C=O) groups excluding carboxylic acids is 1. The normalized spacial score (nSPS) is 17.0. The molecule has 1 aliphatic rings. The number of nitrogens with two attached hydrogens (primary N) is 2. The zero-order chi connectivity index (χ0) is 15.9. The predicted octanol–water partition coefficient (Wildman–Crippen LogP) is -1.13. The smallest absolute Gasteiger partial charge is 0.241 e. The zero-order valence-corrected chi connectivity index (χ0v) is 15.5. The summed E-state index contributed by atoms with van der Waals surface area (Å²) in [4.78, 5) is 17.6. The van der Waals surface area contributed by atoms with Crippen LogP contribution < -0.4 is 16.2 Å². The van der Waals surface area contributed by atoms with Crippen molar-refractivity contribution in [3.8, 4) is 0 Å². The molecule has 0 radical (unpaired) electrons. The number of hydrogen-bond acceptors (Lipinski definition) is 7. The quantitative estimate of drug-likeness (QED) is 0.284. The Bertz CT molecular complexity index is 482. The van der Waals surface area contributed by atoms with Crippen LogP contribution in [0.15, 0.2) is 4.99 Å². The van der Waals surface area contributed by atoms with Crippen molar-refractivity contribution < 1.29 is 13.2 Å². The van der Waals surface area contributed by atoms with E-state index in [2.05, 4.69) is 9.71 Å². The Kier molecular flexibility index (Phi) is 10.3. The number of rotatable bonds is 7. The van der Waals surface area contributed by atoms with Crippen molar-refractivity contribution in [2.75, 3.05) is 42.5 Å². The first kappa shape index (κ1) is 21.6. The standard InChI is InChI=1S/C10H21N5O3S3.ClH/c1-21(17,18)14-10(12)13-2-4-19-6-8(11)9(16)15-3-5-20-7-15;/h8H,2-7,11H2,1H3,(H3,12,13,14);1H/t8-;/m0./s1. The second-order valence-electron chi connectivity index (χ2n) is 4.46. The molecular formula is C10H22ClN5O3S3. The second kappa shape index (κ2) is 10.4. The Hall–Kier alpha value is -0.360. The highest BCUT2D eigenvalue weighted by molar-refractivity contribution is 7.99. The molecule has 0 aliphatic carbocycles. The van der Waals surface area contributed by atoms with E-state index < -0.39 is 16.1 Å². The highest BCUT2D eigenvalue weighted by atomic mass is 35.5. The summed E-state index contributed by atoms with van der Waals surface area (Å²) < 4.78 is 23.8. The fraction of sp³-hybridized carbons (Fsp3) is 0.800. The molecular weight excluding hydrogens is 370 g/mol. The van der Waals surface area contributed by atoms with Crippen LogP contribution in [0.1, 0.15) is 0 Å². The average molecular weight is 392 g/mol. The first-order valence-corrected chi connectivity index (χ1v) is 10.5. The Morgan fingerprint density at radius 2 is 2.23 bits per heavy atom. The molecule has 1 heterocycles. The molecule has 1 amide bonds. The van der Waals surface area contributed by atoms with Gasteiger partial charge in [0.15, 0.2) is 0 Å². The van der Waals surface area contributed by atoms with E-state index in [1.54, 1.807) is 16.7 Å². The van der Waals surface area contributed by atoms with Crippen LogP contribution in [-0.4, -0.2) is 73.7 Å². The van der Waals surface area contributed by atoms with Crippen LogP contribution in [0.25, 0.3) is 0 Å². The van der Waals surface area contributed by atoms with Gasteiger partial charge in [-0.3, -0.25) is 14.5 Å². The van der Waals surface area contributed by atoms with Crippen molar-refractivity contribution in [2.45, 2.75) is 6.04 Å². The van der Waals surface area contributed by atoms with Crippen molar-refractivity contribution in [3.05, 3.63) is 0 Å². The first-order valence-electron chi connectivity index (χ1n) is 6.27. The molecule has 130 valence electrons. The lowest BCUT2D eigenvalue weighted by atomic mass is 10.3. The molecule has 22 heavy (non-hydrogen) atoms. The molecule has 12 heteroatoms. The van der Waals surface area contributed by atoms with Crippen LogP contribution in [0.2, 0.25) is 0 Å². The van der Waals surface area contributed by atoms with Crippen LogP contribution in [0.3, 0.4) is 0 Å². The number of thioether (sulfide) groups is 2. The van der Waals surface area contributed by atoms with E-state index in [1.807, 2.05) is 0 Å². The SMILES string of the molecule is CS(=O)(=O)NC(N)=NCCSC[C@H](N)C(=O)N1CCSC1.Cl. The molecule has 1 fully saturated rings. The first-order chi connectivity index (χ1) is 9.79. The summed E-state index contributed by atoms with van der Waals surface area (Å²) in [7, 11) is -3.38. The lowest BCUT2D eigenvalue weighted by molar-refractivity contribution is -0.130. The molecule has 1 rings (SSSR count). The largest absolute Gasteiger partial charge is 0.369 e. The van der Waals surface area contributed by atoms with Gasteiger partial charge in [-0.05, 0) is 0 Å². The highest BCUT2D eigenvalue weighted by Crippen LogP contribution is 2.15. The zero-order valence-electron chi connectivity index (χ0n) is 12.2. The number of nitrogens with one attached hydrogen (secondary N) is 1. The van der Waals surface area contributed by atoms with Gasteiger partial charge in [0, 0.05) is 23.8 Å². The van der Waals surface area contributed by atoms with E-state index in [9.17, 15) is 13.2 Å². The highest BCUT2D eigenvalue weighted by Gasteiger charge is 2.23. The predicted molar refractivity (Wildman–Crippen MR) is 96.1 cm³/mol. The van der Waals surface area contributed by atoms with Gasteiger partial charge < -0.3 is 16.4 Å². The van der Waals surface area contributed by atoms with Gasteiger partial charge in [0.1, 0.15) is 0 Å².